The first-order valence-electron chi connectivity index (χ1n) is 7.95. The third-order valence-electron chi connectivity index (χ3n) is 4.00. The number of anilines is 2. The number of nitrogens with one attached hydrogen (secondary N) is 1. The number of halogens is 1. The molecule has 0 aliphatic rings. The molecule has 0 fully saturated rings. The Morgan fingerprint density at radius 1 is 1.16 bits per heavy atom. The Hall–Kier alpha value is -2.63. The summed E-state index contributed by atoms with van der Waals surface area (Å²) in [5, 5.41) is 3.87. The molecule has 1 heterocycles. The molecule has 128 valence electrons. The second kappa shape index (κ2) is 7.51. The zero-order chi connectivity index (χ0) is 17.8. The molecule has 0 spiro atoms. The first-order valence-corrected chi connectivity index (χ1v) is 8.33. The van der Waals surface area contributed by atoms with Gasteiger partial charge in [0, 0.05) is 29.0 Å². The van der Waals surface area contributed by atoms with Crippen molar-refractivity contribution in [1.82, 2.24) is 9.55 Å². The fraction of sp³-hybridized carbons (Fsp3) is 0.158. The fourth-order valence-electron chi connectivity index (χ4n) is 2.54. The average Bonchev–Trinajstić information content (AvgIpc) is 2.62. The molecule has 0 atom stereocenters. The first-order chi connectivity index (χ1) is 12.1. The molecule has 0 aliphatic heterocycles. The van der Waals surface area contributed by atoms with Gasteiger partial charge in [0.2, 0.25) is 5.95 Å². The molecule has 0 unspecified atom stereocenters. The van der Waals surface area contributed by atoms with E-state index < -0.39 is 0 Å². The van der Waals surface area contributed by atoms with Crippen LogP contribution in [0.5, 0.6) is 0 Å². The van der Waals surface area contributed by atoms with Gasteiger partial charge in [0.25, 0.3) is 5.56 Å². The normalized spacial score (nSPS) is 10.7. The van der Waals surface area contributed by atoms with Crippen molar-refractivity contribution in [1.29, 1.82) is 0 Å². The maximum Gasteiger partial charge on any atom is 0.278 e. The van der Waals surface area contributed by atoms with E-state index in [1.54, 1.807) is 6.20 Å². The van der Waals surface area contributed by atoms with Gasteiger partial charge in [-0.05, 0) is 30.2 Å². The molecule has 2 aromatic carbocycles. The minimum Gasteiger partial charge on any atom is -0.326 e. The summed E-state index contributed by atoms with van der Waals surface area (Å²) in [6, 6.07) is 15.5. The molecule has 3 N–H and O–H groups in total. The molecular weight excluding hydrogens is 336 g/mol. The van der Waals surface area contributed by atoms with Crippen LogP contribution in [0.3, 0.4) is 0 Å². The van der Waals surface area contributed by atoms with Crippen molar-refractivity contribution in [2.24, 2.45) is 5.73 Å². The fourth-order valence-corrected chi connectivity index (χ4v) is 2.71. The number of hydrogen-bond acceptors (Lipinski definition) is 4. The van der Waals surface area contributed by atoms with E-state index in [0.29, 0.717) is 23.1 Å². The molecule has 0 saturated heterocycles. The largest absolute Gasteiger partial charge is 0.326 e. The quantitative estimate of drug-likeness (QED) is 0.736. The highest BCUT2D eigenvalue weighted by Gasteiger charge is 2.10. The maximum absolute atomic E-state index is 12.1. The molecule has 5 nitrogen and oxygen atoms in total. The Morgan fingerprint density at radius 3 is 2.64 bits per heavy atom. The van der Waals surface area contributed by atoms with Gasteiger partial charge in [-0.3, -0.25) is 4.79 Å². The highest BCUT2D eigenvalue weighted by molar-refractivity contribution is 6.31. The lowest BCUT2D eigenvalue weighted by molar-refractivity contribution is 0.756. The lowest BCUT2D eigenvalue weighted by Crippen LogP contribution is -2.22. The van der Waals surface area contributed by atoms with Crippen LogP contribution in [0.25, 0.3) is 0 Å². The second-order valence-corrected chi connectivity index (χ2v) is 6.16. The lowest BCUT2D eigenvalue weighted by atomic mass is 10.2. The number of aromatic nitrogens is 2. The summed E-state index contributed by atoms with van der Waals surface area (Å²) in [6.07, 6.45) is 1.75. The van der Waals surface area contributed by atoms with Crippen LogP contribution in [0.4, 0.5) is 11.6 Å². The molecule has 25 heavy (non-hydrogen) atoms. The minimum absolute atomic E-state index is 0.150. The Labute approximate surface area is 151 Å². The Morgan fingerprint density at radius 2 is 1.92 bits per heavy atom. The van der Waals surface area contributed by atoms with Crippen LogP contribution in [0.1, 0.15) is 16.7 Å². The van der Waals surface area contributed by atoms with Gasteiger partial charge < -0.3 is 15.6 Å². The standard InChI is InChI=1S/C19H19ClN4O/c1-13-16(20)8-5-9-17(13)22-19-23-18(25)15(10-21)12-24(19)11-14-6-3-2-4-7-14/h2-9,12H,10-11,21H2,1H3,(H,22,23,25). The van der Waals surface area contributed by atoms with Crippen LogP contribution in [-0.4, -0.2) is 9.55 Å². The summed E-state index contributed by atoms with van der Waals surface area (Å²) in [7, 11) is 0. The summed E-state index contributed by atoms with van der Waals surface area (Å²) >= 11 is 6.18. The van der Waals surface area contributed by atoms with Crippen molar-refractivity contribution in [2.45, 2.75) is 20.0 Å². The molecule has 3 aromatic rings. The van der Waals surface area contributed by atoms with Crippen LogP contribution >= 0.6 is 11.6 Å². The third kappa shape index (κ3) is 3.90. The number of nitrogens with two attached hydrogens (primary N) is 1. The molecular formula is C19H19ClN4O. The zero-order valence-corrected chi connectivity index (χ0v) is 14.6. The van der Waals surface area contributed by atoms with E-state index in [-0.39, 0.29) is 12.1 Å². The van der Waals surface area contributed by atoms with E-state index in [2.05, 4.69) is 10.3 Å². The second-order valence-electron chi connectivity index (χ2n) is 5.75. The molecule has 6 heteroatoms. The summed E-state index contributed by atoms with van der Waals surface area (Å²) in [5.74, 6) is 0.455. The van der Waals surface area contributed by atoms with E-state index in [1.165, 1.54) is 0 Å². The summed E-state index contributed by atoms with van der Waals surface area (Å²) in [5.41, 5.74) is 8.62. The molecule has 0 saturated carbocycles. The van der Waals surface area contributed by atoms with Gasteiger partial charge in [0.15, 0.2) is 0 Å². The van der Waals surface area contributed by atoms with Gasteiger partial charge >= 0.3 is 0 Å². The molecule has 0 radical (unpaired) electrons. The highest BCUT2D eigenvalue weighted by Crippen LogP contribution is 2.25. The smallest absolute Gasteiger partial charge is 0.278 e. The first kappa shape index (κ1) is 17.2. The number of nitrogens with zero attached hydrogens (tertiary/aromatic N) is 2. The Bertz CT molecular complexity index is 938. The van der Waals surface area contributed by atoms with E-state index in [9.17, 15) is 4.79 Å². The van der Waals surface area contributed by atoms with Crippen LogP contribution < -0.4 is 16.6 Å². The van der Waals surface area contributed by atoms with Gasteiger partial charge in [0.05, 0.1) is 6.54 Å². The molecule has 0 aliphatic carbocycles. The van der Waals surface area contributed by atoms with Crippen molar-refractivity contribution < 1.29 is 0 Å². The molecule has 3 rings (SSSR count). The predicted molar refractivity (Wildman–Crippen MR) is 101 cm³/mol. The van der Waals surface area contributed by atoms with Gasteiger partial charge in [-0.15, -0.1) is 0 Å². The summed E-state index contributed by atoms with van der Waals surface area (Å²) in [6.45, 7) is 2.64. The predicted octanol–water partition coefficient (Wildman–Crippen LogP) is 3.46. The van der Waals surface area contributed by atoms with Crippen molar-refractivity contribution in [3.8, 4) is 0 Å². The van der Waals surface area contributed by atoms with E-state index in [4.69, 9.17) is 17.3 Å². The summed E-state index contributed by atoms with van der Waals surface area (Å²) in [4.78, 5) is 16.3. The number of rotatable bonds is 5. The Kier molecular flexibility index (Phi) is 5.16. The number of hydrogen-bond donors (Lipinski definition) is 2. The van der Waals surface area contributed by atoms with E-state index >= 15 is 0 Å². The highest BCUT2D eigenvalue weighted by atomic mass is 35.5. The van der Waals surface area contributed by atoms with Gasteiger partial charge in [-0.25, -0.2) is 0 Å². The molecule has 1 aromatic heterocycles. The van der Waals surface area contributed by atoms with Crippen molar-refractivity contribution in [3.05, 3.63) is 86.8 Å². The number of benzene rings is 2. The minimum atomic E-state index is -0.325. The van der Waals surface area contributed by atoms with E-state index in [0.717, 1.165) is 16.8 Å². The SMILES string of the molecule is Cc1c(Cl)cccc1Nc1nc(=O)c(CN)cn1Cc1ccccc1. The molecule has 0 bridgehead atoms. The van der Waals surface area contributed by atoms with Gasteiger partial charge in [-0.1, -0.05) is 48.0 Å². The topological polar surface area (TPSA) is 72.9 Å². The van der Waals surface area contributed by atoms with Crippen molar-refractivity contribution in [3.63, 3.8) is 0 Å². The van der Waals surface area contributed by atoms with Crippen LogP contribution in [0, 0.1) is 6.92 Å². The average molecular weight is 355 g/mol. The van der Waals surface area contributed by atoms with Gasteiger partial charge in [0.1, 0.15) is 0 Å². The van der Waals surface area contributed by atoms with Crippen LogP contribution in [-0.2, 0) is 13.1 Å². The van der Waals surface area contributed by atoms with Crippen molar-refractivity contribution in [2.75, 3.05) is 5.32 Å². The summed E-state index contributed by atoms with van der Waals surface area (Å²) < 4.78 is 1.89. The van der Waals surface area contributed by atoms with E-state index in [1.807, 2.05) is 60.0 Å². The lowest BCUT2D eigenvalue weighted by Gasteiger charge is -2.16. The van der Waals surface area contributed by atoms with Crippen LogP contribution in [0.2, 0.25) is 5.02 Å². The third-order valence-corrected chi connectivity index (χ3v) is 4.41. The van der Waals surface area contributed by atoms with Gasteiger partial charge in [-0.2, -0.15) is 4.98 Å². The monoisotopic (exact) mass is 354 g/mol. The maximum atomic E-state index is 12.1. The Balaban J connectivity index is 2.03. The van der Waals surface area contributed by atoms with Crippen molar-refractivity contribution >= 4 is 23.2 Å². The molecule has 0 amide bonds. The van der Waals surface area contributed by atoms with Crippen LogP contribution in [0.15, 0.2) is 59.5 Å². The zero-order valence-electron chi connectivity index (χ0n) is 13.9.